The van der Waals surface area contributed by atoms with E-state index in [1.807, 2.05) is 0 Å². The van der Waals surface area contributed by atoms with Crippen LogP contribution >= 0.6 is 11.6 Å². The van der Waals surface area contributed by atoms with Gasteiger partial charge in [-0.3, -0.25) is 4.79 Å². The van der Waals surface area contributed by atoms with Crippen LogP contribution in [0.2, 0.25) is 5.15 Å². The molecule has 0 aromatic carbocycles. The Bertz CT molecular complexity index is 429. The number of carbonyl (C=O) groups is 1. The fraction of sp³-hybridized carbons (Fsp3) is 0.500. The molecular weight excluding hydrogens is 256 g/mol. The largest absolute Gasteiger partial charge is 0.377 e. The molecule has 5 nitrogen and oxygen atoms in total. The van der Waals surface area contributed by atoms with Gasteiger partial charge in [0.05, 0.1) is 0 Å². The third-order valence-corrected chi connectivity index (χ3v) is 3.25. The number of likely N-dealkylation sites (tertiary alicyclic amines) is 1. The third-order valence-electron chi connectivity index (χ3n) is 3.04. The van der Waals surface area contributed by atoms with Crippen LogP contribution in [0.15, 0.2) is 18.2 Å². The van der Waals surface area contributed by atoms with Gasteiger partial charge in [0.1, 0.15) is 23.1 Å². The molecule has 0 aliphatic carbocycles. The van der Waals surface area contributed by atoms with E-state index in [-0.39, 0.29) is 18.1 Å². The standard InChI is InChI=1S/C12H15ClN2O3/c1-17-9-6-15(7-10(9)18-2)12(16)8-4-3-5-11(13)14-8/h3-5,9-10H,6-7H2,1-2H3. The summed E-state index contributed by atoms with van der Waals surface area (Å²) in [4.78, 5) is 17.9. The van der Waals surface area contributed by atoms with Crippen molar-refractivity contribution in [2.45, 2.75) is 12.2 Å². The van der Waals surface area contributed by atoms with E-state index in [0.29, 0.717) is 23.9 Å². The van der Waals surface area contributed by atoms with E-state index in [4.69, 9.17) is 21.1 Å². The van der Waals surface area contributed by atoms with Crippen LogP contribution < -0.4 is 0 Å². The minimum absolute atomic E-state index is 0.0989. The number of nitrogens with zero attached hydrogens (tertiary/aromatic N) is 2. The number of pyridine rings is 1. The van der Waals surface area contributed by atoms with Gasteiger partial charge in [-0.1, -0.05) is 17.7 Å². The molecule has 1 saturated heterocycles. The van der Waals surface area contributed by atoms with Crippen molar-refractivity contribution >= 4 is 17.5 Å². The Kier molecular flexibility index (Phi) is 4.16. The van der Waals surface area contributed by atoms with Gasteiger partial charge in [-0.25, -0.2) is 4.98 Å². The highest BCUT2D eigenvalue weighted by Crippen LogP contribution is 2.18. The predicted molar refractivity (Wildman–Crippen MR) is 66.7 cm³/mol. The summed E-state index contributed by atoms with van der Waals surface area (Å²) in [5.74, 6) is -0.154. The lowest BCUT2D eigenvalue weighted by Crippen LogP contribution is -2.30. The van der Waals surface area contributed by atoms with Gasteiger partial charge >= 0.3 is 0 Å². The Morgan fingerprint density at radius 3 is 2.44 bits per heavy atom. The number of aromatic nitrogens is 1. The second-order valence-corrected chi connectivity index (χ2v) is 4.49. The first-order chi connectivity index (χ1) is 8.65. The number of methoxy groups -OCH3 is 2. The average Bonchev–Trinajstić information content (AvgIpc) is 2.81. The maximum atomic E-state index is 12.2. The molecule has 2 unspecified atom stereocenters. The lowest BCUT2D eigenvalue weighted by atomic mass is 10.3. The van der Waals surface area contributed by atoms with E-state index in [2.05, 4.69) is 4.98 Å². The van der Waals surface area contributed by atoms with Crippen molar-refractivity contribution in [3.8, 4) is 0 Å². The van der Waals surface area contributed by atoms with Gasteiger partial charge in [-0.05, 0) is 12.1 Å². The molecule has 0 bridgehead atoms. The zero-order valence-electron chi connectivity index (χ0n) is 10.3. The van der Waals surface area contributed by atoms with Crippen molar-refractivity contribution in [3.63, 3.8) is 0 Å². The number of hydrogen-bond acceptors (Lipinski definition) is 4. The minimum atomic E-state index is -0.154. The van der Waals surface area contributed by atoms with Crippen molar-refractivity contribution < 1.29 is 14.3 Å². The second kappa shape index (κ2) is 5.65. The predicted octanol–water partition coefficient (Wildman–Crippen LogP) is 1.22. The van der Waals surface area contributed by atoms with Crippen LogP contribution in [-0.2, 0) is 9.47 Å². The van der Waals surface area contributed by atoms with Crippen LogP contribution in [0.4, 0.5) is 0 Å². The Labute approximate surface area is 111 Å². The SMILES string of the molecule is COC1CN(C(=O)c2cccc(Cl)n2)CC1OC. The fourth-order valence-corrected chi connectivity index (χ4v) is 2.22. The number of halogens is 1. The summed E-state index contributed by atoms with van der Waals surface area (Å²) in [6, 6.07) is 4.99. The molecule has 0 N–H and O–H groups in total. The number of carbonyl (C=O) groups excluding carboxylic acids is 1. The average molecular weight is 271 g/mol. The smallest absolute Gasteiger partial charge is 0.272 e. The van der Waals surface area contributed by atoms with Crippen LogP contribution in [0.3, 0.4) is 0 Å². The van der Waals surface area contributed by atoms with Gasteiger partial charge in [0, 0.05) is 27.3 Å². The monoisotopic (exact) mass is 270 g/mol. The van der Waals surface area contributed by atoms with Crippen LogP contribution in [0.1, 0.15) is 10.5 Å². The number of rotatable bonds is 3. The molecule has 1 amide bonds. The minimum Gasteiger partial charge on any atom is -0.377 e. The molecule has 1 aliphatic heterocycles. The highest BCUT2D eigenvalue weighted by Gasteiger charge is 2.36. The van der Waals surface area contributed by atoms with Gasteiger partial charge in [0.2, 0.25) is 0 Å². The van der Waals surface area contributed by atoms with Gasteiger partial charge in [0.15, 0.2) is 0 Å². The Balaban J connectivity index is 2.11. The molecule has 1 aromatic rings. The number of hydrogen-bond donors (Lipinski definition) is 0. The summed E-state index contributed by atoms with van der Waals surface area (Å²) < 4.78 is 10.6. The first kappa shape index (κ1) is 13.3. The molecule has 2 rings (SSSR count). The topological polar surface area (TPSA) is 51.7 Å². The Morgan fingerprint density at radius 2 is 1.94 bits per heavy atom. The maximum absolute atomic E-state index is 12.2. The van der Waals surface area contributed by atoms with Crippen molar-refractivity contribution in [1.29, 1.82) is 0 Å². The summed E-state index contributed by atoms with van der Waals surface area (Å²) in [7, 11) is 3.23. The first-order valence-electron chi connectivity index (χ1n) is 5.63. The van der Waals surface area contributed by atoms with Crippen molar-refractivity contribution in [2.24, 2.45) is 0 Å². The number of amides is 1. The highest BCUT2D eigenvalue weighted by atomic mass is 35.5. The molecule has 0 spiro atoms. The third kappa shape index (κ3) is 2.63. The summed E-state index contributed by atoms with van der Waals surface area (Å²) in [5, 5.41) is 0.312. The van der Waals surface area contributed by atoms with Crippen molar-refractivity contribution in [1.82, 2.24) is 9.88 Å². The van der Waals surface area contributed by atoms with E-state index in [0.717, 1.165) is 0 Å². The molecule has 1 aromatic heterocycles. The molecule has 2 atom stereocenters. The number of ether oxygens (including phenoxy) is 2. The van der Waals surface area contributed by atoms with Crippen molar-refractivity contribution in [3.05, 3.63) is 29.0 Å². The quantitative estimate of drug-likeness (QED) is 0.775. The molecule has 2 heterocycles. The highest BCUT2D eigenvalue weighted by molar-refractivity contribution is 6.29. The van der Waals surface area contributed by atoms with E-state index in [9.17, 15) is 4.79 Å². The molecule has 1 fully saturated rings. The molecule has 1 aliphatic rings. The lowest BCUT2D eigenvalue weighted by molar-refractivity contribution is -0.00461. The van der Waals surface area contributed by atoms with E-state index >= 15 is 0 Å². The van der Waals surface area contributed by atoms with E-state index in [1.54, 1.807) is 37.3 Å². The molecular formula is C12H15ClN2O3. The second-order valence-electron chi connectivity index (χ2n) is 4.10. The molecule has 0 saturated carbocycles. The summed E-state index contributed by atoms with van der Waals surface area (Å²) in [6.07, 6.45) is -0.198. The van der Waals surface area contributed by atoms with Crippen LogP contribution in [0.25, 0.3) is 0 Å². The van der Waals surface area contributed by atoms with Gasteiger partial charge in [-0.15, -0.1) is 0 Å². The van der Waals surface area contributed by atoms with Crippen molar-refractivity contribution in [2.75, 3.05) is 27.3 Å². The zero-order valence-corrected chi connectivity index (χ0v) is 11.1. The van der Waals surface area contributed by atoms with Crippen LogP contribution in [0, 0.1) is 0 Å². The zero-order chi connectivity index (χ0) is 13.1. The van der Waals surface area contributed by atoms with Crippen LogP contribution in [-0.4, -0.2) is 55.3 Å². The van der Waals surface area contributed by atoms with Gasteiger partial charge in [0.25, 0.3) is 5.91 Å². The fourth-order valence-electron chi connectivity index (χ4n) is 2.05. The summed E-state index contributed by atoms with van der Waals surface area (Å²) in [5.41, 5.74) is 0.342. The van der Waals surface area contributed by atoms with Gasteiger partial charge in [-0.2, -0.15) is 0 Å². The van der Waals surface area contributed by atoms with E-state index < -0.39 is 0 Å². The van der Waals surface area contributed by atoms with E-state index in [1.165, 1.54) is 0 Å². The molecule has 18 heavy (non-hydrogen) atoms. The normalized spacial score (nSPS) is 23.4. The molecule has 98 valence electrons. The summed E-state index contributed by atoms with van der Waals surface area (Å²) >= 11 is 5.78. The lowest BCUT2D eigenvalue weighted by Gasteiger charge is -2.15. The first-order valence-corrected chi connectivity index (χ1v) is 6.01. The Morgan fingerprint density at radius 1 is 1.33 bits per heavy atom. The summed E-state index contributed by atoms with van der Waals surface area (Å²) in [6.45, 7) is 1.00. The van der Waals surface area contributed by atoms with Gasteiger partial charge < -0.3 is 14.4 Å². The maximum Gasteiger partial charge on any atom is 0.272 e. The Hall–Kier alpha value is -1.17. The van der Waals surface area contributed by atoms with Crippen LogP contribution in [0.5, 0.6) is 0 Å². The molecule has 0 radical (unpaired) electrons. The molecule has 6 heteroatoms.